The van der Waals surface area contributed by atoms with Gasteiger partial charge in [-0.1, -0.05) is 30.3 Å². The van der Waals surface area contributed by atoms with Crippen LogP contribution in [0.25, 0.3) is 11.0 Å². The van der Waals surface area contributed by atoms with Crippen molar-refractivity contribution in [1.82, 2.24) is 9.97 Å². The van der Waals surface area contributed by atoms with E-state index in [-0.39, 0.29) is 0 Å². The van der Waals surface area contributed by atoms with Gasteiger partial charge in [-0.2, -0.15) is 0 Å². The zero-order valence-electron chi connectivity index (χ0n) is 11.2. The molecule has 0 aliphatic carbocycles. The molecular formula is C16H16N2O2. The van der Waals surface area contributed by atoms with Crippen molar-refractivity contribution in [3.8, 4) is 5.75 Å². The van der Waals surface area contributed by atoms with Crippen molar-refractivity contribution >= 4 is 11.0 Å². The van der Waals surface area contributed by atoms with Crippen molar-refractivity contribution in [3.63, 3.8) is 0 Å². The number of hydrogen-bond acceptors (Lipinski definition) is 3. The zero-order valence-corrected chi connectivity index (χ0v) is 11.2. The lowest BCUT2D eigenvalue weighted by Crippen LogP contribution is -2.01. The average Bonchev–Trinajstić information content (AvgIpc) is 2.91. The van der Waals surface area contributed by atoms with Crippen LogP contribution >= 0.6 is 0 Å². The van der Waals surface area contributed by atoms with Gasteiger partial charge in [-0.05, 0) is 24.6 Å². The summed E-state index contributed by atoms with van der Waals surface area (Å²) < 4.78 is 5.46. The summed E-state index contributed by atoms with van der Waals surface area (Å²) in [7, 11) is 0. The Morgan fingerprint density at radius 3 is 2.75 bits per heavy atom. The molecule has 0 aliphatic heterocycles. The van der Waals surface area contributed by atoms with Crippen LogP contribution in [0.5, 0.6) is 5.75 Å². The van der Waals surface area contributed by atoms with Crippen molar-refractivity contribution in [2.75, 3.05) is 6.61 Å². The summed E-state index contributed by atoms with van der Waals surface area (Å²) >= 11 is 0. The van der Waals surface area contributed by atoms with E-state index in [0.29, 0.717) is 12.4 Å². The number of nitrogens with one attached hydrogen (secondary N) is 1. The number of fused-ring (bicyclic) bond motifs is 1. The molecule has 0 saturated heterocycles. The van der Waals surface area contributed by atoms with Crippen molar-refractivity contribution in [1.29, 1.82) is 0 Å². The monoisotopic (exact) mass is 268 g/mol. The van der Waals surface area contributed by atoms with Gasteiger partial charge < -0.3 is 14.8 Å². The fraction of sp³-hybridized carbons (Fsp3) is 0.188. The molecule has 20 heavy (non-hydrogen) atoms. The molecule has 4 nitrogen and oxygen atoms in total. The Morgan fingerprint density at radius 1 is 1.20 bits per heavy atom. The third kappa shape index (κ3) is 2.38. The normalized spacial score (nSPS) is 12.5. The molecule has 0 saturated carbocycles. The second-order valence-corrected chi connectivity index (χ2v) is 4.55. The van der Waals surface area contributed by atoms with E-state index >= 15 is 0 Å². The first kappa shape index (κ1) is 12.7. The van der Waals surface area contributed by atoms with Crippen molar-refractivity contribution in [2.45, 2.75) is 13.0 Å². The van der Waals surface area contributed by atoms with Gasteiger partial charge in [0.1, 0.15) is 17.7 Å². The summed E-state index contributed by atoms with van der Waals surface area (Å²) in [5.41, 5.74) is 2.50. The minimum absolute atomic E-state index is 0.542. The quantitative estimate of drug-likeness (QED) is 0.764. The molecule has 0 fully saturated rings. The molecular weight excluding hydrogens is 252 g/mol. The second kappa shape index (κ2) is 5.35. The van der Waals surface area contributed by atoms with E-state index in [9.17, 15) is 5.11 Å². The Hall–Kier alpha value is -2.33. The Labute approximate surface area is 117 Å². The molecule has 0 aliphatic rings. The van der Waals surface area contributed by atoms with Gasteiger partial charge in [-0.3, -0.25) is 0 Å². The summed E-state index contributed by atoms with van der Waals surface area (Å²) in [5.74, 6) is 1.34. The minimum atomic E-state index is -0.751. The van der Waals surface area contributed by atoms with Gasteiger partial charge in [0.15, 0.2) is 0 Å². The molecule has 1 unspecified atom stereocenters. The van der Waals surface area contributed by atoms with E-state index in [1.54, 1.807) is 0 Å². The second-order valence-electron chi connectivity index (χ2n) is 4.55. The summed E-state index contributed by atoms with van der Waals surface area (Å²) in [6.45, 7) is 2.57. The average molecular weight is 268 g/mol. The molecule has 102 valence electrons. The van der Waals surface area contributed by atoms with Crippen LogP contribution in [0.2, 0.25) is 0 Å². The fourth-order valence-electron chi connectivity index (χ4n) is 2.19. The highest BCUT2D eigenvalue weighted by atomic mass is 16.5. The number of nitrogens with zero attached hydrogens (tertiary/aromatic N) is 1. The topological polar surface area (TPSA) is 58.1 Å². The minimum Gasteiger partial charge on any atom is -0.494 e. The molecule has 3 rings (SSSR count). The molecule has 0 spiro atoms. The van der Waals surface area contributed by atoms with Crippen LogP contribution in [0.1, 0.15) is 24.4 Å². The zero-order chi connectivity index (χ0) is 13.9. The van der Waals surface area contributed by atoms with Gasteiger partial charge >= 0.3 is 0 Å². The number of imidazole rings is 1. The molecule has 0 radical (unpaired) electrons. The predicted octanol–water partition coefficient (Wildman–Crippen LogP) is 3.04. The third-order valence-corrected chi connectivity index (χ3v) is 3.16. The number of ether oxygens (including phenoxy) is 1. The highest BCUT2D eigenvalue weighted by Gasteiger charge is 2.14. The molecule has 1 heterocycles. The number of rotatable bonds is 4. The van der Waals surface area contributed by atoms with Crippen LogP contribution in [0.4, 0.5) is 0 Å². The fourth-order valence-corrected chi connectivity index (χ4v) is 2.19. The Kier molecular flexibility index (Phi) is 3.39. The molecule has 0 amide bonds. The predicted molar refractivity (Wildman–Crippen MR) is 77.8 cm³/mol. The van der Waals surface area contributed by atoms with Crippen LogP contribution in [-0.4, -0.2) is 21.7 Å². The van der Waals surface area contributed by atoms with Crippen LogP contribution in [-0.2, 0) is 0 Å². The Morgan fingerprint density at radius 2 is 2.00 bits per heavy atom. The van der Waals surface area contributed by atoms with Gasteiger partial charge in [-0.25, -0.2) is 4.98 Å². The number of H-pyrrole nitrogens is 1. The van der Waals surface area contributed by atoms with Crippen LogP contribution < -0.4 is 4.74 Å². The van der Waals surface area contributed by atoms with E-state index in [0.717, 1.165) is 22.3 Å². The van der Waals surface area contributed by atoms with Crippen LogP contribution in [0, 0.1) is 0 Å². The number of aromatic amines is 1. The Balaban J connectivity index is 1.96. The lowest BCUT2D eigenvalue weighted by atomic mass is 10.1. The maximum absolute atomic E-state index is 10.3. The maximum atomic E-state index is 10.3. The first-order chi connectivity index (χ1) is 9.78. The van der Waals surface area contributed by atoms with E-state index in [2.05, 4.69) is 9.97 Å². The van der Waals surface area contributed by atoms with Crippen molar-refractivity contribution in [2.24, 2.45) is 0 Å². The number of hydrogen-bond donors (Lipinski definition) is 2. The van der Waals surface area contributed by atoms with Gasteiger partial charge in [0.25, 0.3) is 0 Å². The first-order valence-electron chi connectivity index (χ1n) is 6.63. The SMILES string of the molecule is CCOc1ccc2nc(C(O)c3ccccc3)[nH]c2c1. The summed E-state index contributed by atoms with van der Waals surface area (Å²) in [4.78, 5) is 7.58. The summed E-state index contributed by atoms with van der Waals surface area (Å²) in [6.07, 6.45) is -0.751. The highest BCUT2D eigenvalue weighted by molar-refractivity contribution is 5.77. The number of aliphatic hydroxyl groups is 1. The van der Waals surface area contributed by atoms with E-state index < -0.39 is 6.10 Å². The molecule has 3 aromatic rings. The summed E-state index contributed by atoms with van der Waals surface area (Å²) in [6, 6.07) is 15.1. The number of benzene rings is 2. The van der Waals surface area contributed by atoms with Crippen LogP contribution in [0.15, 0.2) is 48.5 Å². The first-order valence-corrected chi connectivity index (χ1v) is 6.63. The highest BCUT2D eigenvalue weighted by Crippen LogP contribution is 2.24. The molecule has 1 atom stereocenters. The van der Waals surface area contributed by atoms with Gasteiger partial charge in [0.05, 0.1) is 17.6 Å². The third-order valence-electron chi connectivity index (χ3n) is 3.16. The standard InChI is InChI=1S/C16H16N2O2/c1-2-20-12-8-9-13-14(10-12)18-16(17-13)15(19)11-6-4-3-5-7-11/h3-10,15,19H,2H2,1H3,(H,17,18). The number of aliphatic hydroxyl groups excluding tert-OH is 1. The molecule has 2 N–H and O–H groups in total. The molecule has 4 heteroatoms. The van der Waals surface area contributed by atoms with Crippen molar-refractivity contribution < 1.29 is 9.84 Å². The lowest BCUT2D eigenvalue weighted by molar-refractivity contribution is 0.211. The van der Waals surface area contributed by atoms with Crippen LogP contribution in [0.3, 0.4) is 0 Å². The number of aromatic nitrogens is 2. The van der Waals surface area contributed by atoms with Crippen molar-refractivity contribution in [3.05, 3.63) is 59.9 Å². The van der Waals surface area contributed by atoms with Gasteiger partial charge in [-0.15, -0.1) is 0 Å². The molecule has 1 aromatic heterocycles. The lowest BCUT2D eigenvalue weighted by Gasteiger charge is -2.06. The van der Waals surface area contributed by atoms with E-state index in [1.807, 2.05) is 55.5 Å². The smallest absolute Gasteiger partial charge is 0.140 e. The van der Waals surface area contributed by atoms with Gasteiger partial charge in [0, 0.05) is 6.07 Å². The largest absolute Gasteiger partial charge is 0.494 e. The van der Waals surface area contributed by atoms with E-state index in [4.69, 9.17) is 4.74 Å². The van der Waals surface area contributed by atoms with Gasteiger partial charge in [0.2, 0.25) is 0 Å². The summed E-state index contributed by atoms with van der Waals surface area (Å²) in [5, 5.41) is 10.3. The van der Waals surface area contributed by atoms with E-state index in [1.165, 1.54) is 0 Å². The molecule has 2 aromatic carbocycles. The Bertz CT molecular complexity index is 707. The molecule has 0 bridgehead atoms. The maximum Gasteiger partial charge on any atom is 0.140 e.